The molecule has 2 unspecified atom stereocenters. The zero-order valence-electron chi connectivity index (χ0n) is 9.00. The molecular weight excluding hydrogens is 214 g/mol. The minimum absolute atomic E-state index is 0.339. The summed E-state index contributed by atoms with van der Waals surface area (Å²) in [4.78, 5) is 22.6. The number of aliphatic carboxylic acids is 2. The Bertz CT molecular complexity index is 252. The number of hydrogen-bond acceptors (Lipinski definition) is 4. The van der Waals surface area contributed by atoms with Gasteiger partial charge in [0.2, 0.25) is 0 Å². The van der Waals surface area contributed by atoms with Crippen molar-refractivity contribution in [2.75, 3.05) is 13.1 Å². The molecule has 92 valence electrons. The molecule has 0 aromatic carbocycles. The van der Waals surface area contributed by atoms with E-state index < -0.39 is 18.0 Å². The predicted octanol–water partition coefficient (Wildman–Crippen LogP) is -0.239. The van der Waals surface area contributed by atoms with Crippen molar-refractivity contribution < 1.29 is 24.9 Å². The van der Waals surface area contributed by atoms with Crippen LogP contribution in [0.5, 0.6) is 0 Å². The minimum atomic E-state index is -1.07. The number of rotatable bonds is 5. The number of carboxylic acids is 2. The molecule has 1 fully saturated rings. The predicted molar refractivity (Wildman–Crippen MR) is 55.1 cm³/mol. The summed E-state index contributed by atoms with van der Waals surface area (Å²) >= 11 is 0. The van der Waals surface area contributed by atoms with Crippen LogP contribution in [0.4, 0.5) is 0 Å². The topological polar surface area (TPSA) is 98.1 Å². The second-order valence-corrected chi connectivity index (χ2v) is 4.11. The smallest absolute Gasteiger partial charge is 0.317 e. The average molecular weight is 231 g/mol. The highest BCUT2D eigenvalue weighted by Crippen LogP contribution is 2.22. The molecule has 6 nitrogen and oxygen atoms in total. The molecule has 6 heteroatoms. The number of carbonyl (C=O) groups is 2. The van der Waals surface area contributed by atoms with E-state index in [0.717, 1.165) is 12.8 Å². The summed E-state index contributed by atoms with van der Waals surface area (Å²) in [7, 11) is 0. The summed E-state index contributed by atoms with van der Waals surface area (Å²) in [6.45, 7) is -0.679. The van der Waals surface area contributed by atoms with Gasteiger partial charge in [-0.05, 0) is 12.8 Å². The number of nitrogens with zero attached hydrogens (tertiary/aromatic N) is 1. The molecule has 3 N–H and O–H groups in total. The Morgan fingerprint density at radius 1 is 1.06 bits per heavy atom. The van der Waals surface area contributed by atoms with Crippen molar-refractivity contribution in [1.82, 2.24) is 4.90 Å². The Morgan fingerprint density at radius 2 is 1.56 bits per heavy atom. The van der Waals surface area contributed by atoms with Crippen molar-refractivity contribution in [3.63, 3.8) is 0 Å². The highest BCUT2D eigenvalue weighted by molar-refractivity contribution is 5.72. The van der Waals surface area contributed by atoms with Crippen molar-refractivity contribution in [3.8, 4) is 0 Å². The molecule has 0 amide bonds. The highest BCUT2D eigenvalue weighted by Gasteiger charge is 2.30. The van der Waals surface area contributed by atoms with E-state index in [-0.39, 0.29) is 19.1 Å². The molecule has 0 aromatic rings. The molecule has 0 aliphatic heterocycles. The Kier molecular flexibility index (Phi) is 4.70. The lowest BCUT2D eigenvalue weighted by atomic mass is 9.91. The van der Waals surface area contributed by atoms with Gasteiger partial charge in [-0.1, -0.05) is 12.8 Å². The van der Waals surface area contributed by atoms with E-state index in [1.807, 2.05) is 0 Å². The summed E-state index contributed by atoms with van der Waals surface area (Å²) in [5.41, 5.74) is 0. The summed E-state index contributed by atoms with van der Waals surface area (Å²) in [6.07, 6.45) is 2.46. The molecule has 2 atom stereocenters. The minimum Gasteiger partial charge on any atom is -0.480 e. The first-order chi connectivity index (χ1) is 7.50. The quantitative estimate of drug-likeness (QED) is 0.604. The Balaban J connectivity index is 2.65. The van der Waals surface area contributed by atoms with Crippen LogP contribution >= 0.6 is 0 Å². The van der Waals surface area contributed by atoms with E-state index in [1.54, 1.807) is 0 Å². The van der Waals surface area contributed by atoms with Gasteiger partial charge in [0.15, 0.2) is 0 Å². The summed E-state index contributed by atoms with van der Waals surface area (Å²) in [6, 6.07) is -0.346. The summed E-state index contributed by atoms with van der Waals surface area (Å²) in [5, 5.41) is 27.1. The van der Waals surface area contributed by atoms with Gasteiger partial charge < -0.3 is 15.3 Å². The highest BCUT2D eigenvalue weighted by atomic mass is 16.4. The lowest BCUT2D eigenvalue weighted by Gasteiger charge is -2.35. The fourth-order valence-corrected chi connectivity index (χ4v) is 2.16. The third-order valence-electron chi connectivity index (χ3n) is 2.84. The zero-order chi connectivity index (χ0) is 12.1. The lowest BCUT2D eigenvalue weighted by Crippen LogP contribution is -2.49. The summed E-state index contributed by atoms with van der Waals surface area (Å²) < 4.78 is 0. The molecule has 1 aliphatic carbocycles. The van der Waals surface area contributed by atoms with Crippen LogP contribution in [0.1, 0.15) is 25.7 Å². The van der Waals surface area contributed by atoms with Crippen LogP contribution in [0.25, 0.3) is 0 Å². The van der Waals surface area contributed by atoms with Crippen molar-refractivity contribution in [1.29, 1.82) is 0 Å². The average Bonchev–Trinajstić information content (AvgIpc) is 2.15. The van der Waals surface area contributed by atoms with E-state index in [9.17, 15) is 14.7 Å². The van der Waals surface area contributed by atoms with Crippen molar-refractivity contribution >= 4 is 11.9 Å². The monoisotopic (exact) mass is 231 g/mol. The normalized spacial score (nSPS) is 25.6. The van der Waals surface area contributed by atoms with Gasteiger partial charge in [0, 0.05) is 6.04 Å². The van der Waals surface area contributed by atoms with Crippen LogP contribution < -0.4 is 0 Å². The van der Waals surface area contributed by atoms with Crippen LogP contribution in [0.2, 0.25) is 0 Å². The van der Waals surface area contributed by atoms with Gasteiger partial charge in [-0.2, -0.15) is 0 Å². The molecule has 0 radical (unpaired) electrons. The molecular formula is C10H17NO5. The number of hydrogen-bond donors (Lipinski definition) is 3. The van der Waals surface area contributed by atoms with Gasteiger partial charge in [0.1, 0.15) is 0 Å². The molecule has 1 saturated carbocycles. The van der Waals surface area contributed by atoms with Crippen LogP contribution in [-0.4, -0.2) is 57.4 Å². The van der Waals surface area contributed by atoms with E-state index in [0.29, 0.717) is 12.8 Å². The second kappa shape index (κ2) is 5.81. The van der Waals surface area contributed by atoms with Crippen LogP contribution in [0, 0.1) is 0 Å². The van der Waals surface area contributed by atoms with Crippen LogP contribution in [0.3, 0.4) is 0 Å². The van der Waals surface area contributed by atoms with Gasteiger partial charge in [0.25, 0.3) is 0 Å². The Morgan fingerprint density at radius 3 is 2.00 bits per heavy atom. The molecule has 1 aliphatic rings. The first-order valence-corrected chi connectivity index (χ1v) is 5.36. The SMILES string of the molecule is O=C(O)CN(CC(=O)O)C1CCCCC1O. The van der Waals surface area contributed by atoms with Gasteiger partial charge in [0.05, 0.1) is 19.2 Å². The second-order valence-electron chi connectivity index (χ2n) is 4.11. The van der Waals surface area contributed by atoms with E-state index >= 15 is 0 Å². The summed E-state index contributed by atoms with van der Waals surface area (Å²) in [5.74, 6) is -2.14. The first kappa shape index (κ1) is 12.9. The third-order valence-corrected chi connectivity index (χ3v) is 2.84. The first-order valence-electron chi connectivity index (χ1n) is 5.36. The molecule has 0 aromatic heterocycles. The largest absolute Gasteiger partial charge is 0.480 e. The van der Waals surface area contributed by atoms with E-state index in [4.69, 9.17) is 10.2 Å². The Hall–Kier alpha value is -1.14. The molecule has 1 rings (SSSR count). The van der Waals surface area contributed by atoms with Gasteiger partial charge in [-0.15, -0.1) is 0 Å². The van der Waals surface area contributed by atoms with Crippen LogP contribution in [-0.2, 0) is 9.59 Å². The number of carboxylic acid groups (broad SMARTS) is 2. The number of aliphatic hydroxyl groups is 1. The molecule has 16 heavy (non-hydrogen) atoms. The van der Waals surface area contributed by atoms with E-state index in [2.05, 4.69) is 0 Å². The van der Waals surface area contributed by atoms with Crippen LogP contribution in [0.15, 0.2) is 0 Å². The van der Waals surface area contributed by atoms with Gasteiger partial charge >= 0.3 is 11.9 Å². The number of aliphatic hydroxyl groups excluding tert-OH is 1. The van der Waals surface area contributed by atoms with Gasteiger partial charge in [-0.3, -0.25) is 14.5 Å². The maximum absolute atomic E-state index is 10.6. The maximum Gasteiger partial charge on any atom is 0.317 e. The van der Waals surface area contributed by atoms with Crippen molar-refractivity contribution in [3.05, 3.63) is 0 Å². The standard InChI is InChI=1S/C10H17NO5/c12-8-4-2-1-3-7(8)11(5-9(13)14)6-10(15)16/h7-8,12H,1-6H2,(H,13,14)(H,15,16). The molecule has 0 bridgehead atoms. The Labute approximate surface area is 93.5 Å². The fourth-order valence-electron chi connectivity index (χ4n) is 2.16. The van der Waals surface area contributed by atoms with Crippen molar-refractivity contribution in [2.45, 2.75) is 37.8 Å². The third kappa shape index (κ3) is 3.79. The van der Waals surface area contributed by atoms with Gasteiger partial charge in [-0.25, -0.2) is 0 Å². The fraction of sp³-hybridized carbons (Fsp3) is 0.800. The molecule has 0 saturated heterocycles. The zero-order valence-corrected chi connectivity index (χ0v) is 9.00. The van der Waals surface area contributed by atoms with Crippen molar-refractivity contribution in [2.24, 2.45) is 0 Å². The lowest BCUT2D eigenvalue weighted by molar-refractivity contribution is -0.144. The van der Waals surface area contributed by atoms with E-state index in [1.165, 1.54) is 4.90 Å². The molecule has 0 spiro atoms. The molecule has 0 heterocycles. The maximum atomic E-state index is 10.6.